The first-order chi connectivity index (χ1) is 21.1. The van der Waals surface area contributed by atoms with Crippen molar-refractivity contribution in [3.63, 3.8) is 0 Å². The molecule has 0 aliphatic heterocycles. The van der Waals surface area contributed by atoms with E-state index in [2.05, 4.69) is 108 Å². The largest absolute Gasteiger partial charge is 0.363 e. The molecule has 0 atom stereocenters. The Morgan fingerprint density at radius 3 is 0.889 bits per heavy atom. The van der Waals surface area contributed by atoms with Crippen molar-refractivity contribution in [2.75, 3.05) is 76.0 Å². The van der Waals surface area contributed by atoms with Gasteiger partial charge >= 0.3 is 0 Å². The SMILES string of the molecule is CC(C)C(c1ccc(N(C)C)nc1)(c1ccc(N(C)C)nc1)C(c1ccc(N(C)C)nc1)(c1ccc(N(C)C)nc1)C(C)(C)C. The Balaban J connectivity index is 2.28. The highest BCUT2D eigenvalue weighted by Gasteiger charge is 2.63. The number of hydrogen-bond acceptors (Lipinski definition) is 8. The summed E-state index contributed by atoms with van der Waals surface area (Å²) in [6.07, 6.45) is 8.28. The molecular formula is C37H52N8. The van der Waals surface area contributed by atoms with E-state index in [0.29, 0.717) is 0 Å². The second kappa shape index (κ2) is 12.7. The van der Waals surface area contributed by atoms with E-state index in [1.54, 1.807) is 0 Å². The molecule has 0 aliphatic rings. The van der Waals surface area contributed by atoms with Gasteiger partial charge in [0.05, 0.1) is 0 Å². The number of aromatic nitrogens is 4. The number of anilines is 4. The second-order valence-corrected chi connectivity index (χ2v) is 14.2. The summed E-state index contributed by atoms with van der Waals surface area (Å²) in [6, 6.07) is 17.5. The van der Waals surface area contributed by atoms with Gasteiger partial charge in [-0.05, 0) is 57.9 Å². The molecule has 8 heteroatoms. The van der Waals surface area contributed by atoms with Crippen LogP contribution in [0.25, 0.3) is 0 Å². The van der Waals surface area contributed by atoms with E-state index in [-0.39, 0.29) is 11.3 Å². The van der Waals surface area contributed by atoms with Crippen LogP contribution in [0.1, 0.15) is 56.9 Å². The number of rotatable bonds is 10. The Hall–Kier alpha value is -4.20. The van der Waals surface area contributed by atoms with Gasteiger partial charge < -0.3 is 19.6 Å². The monoisotopic (exact) mass is 608 g/mol. The van der Waals surface area contributed by atoms with Crippen molar-refractivity contribution in [1.29, 1.82) is 0 Å². The van der Waals surface area contributed by atoms with Gasteiger partial charge in [0.15, 0.2) is 0 Å². The quantitative estimate of drug-likeness (QED) is 0.202. The first-order valence-electron chi connectivity index (χ1n) is 15.6. The second-order valence-electron chi connectivity index (χ2n) is 14.2. The first kappa shape index (κ1) is 33.7. The van der Waals surface area contributed by atoms with Gasteiger partial charge in [0.25, 0.3) is 0 Å². The zero-order chi connectivity index (χ0) is 33.3. The maximum atomic E-state index is 5.02. The summed E-state index contributed by atoms with van der Waals surface area (Å²) in [5, 5.41) is 0. The number of nitrogens with zero attached hydrogens (tertiary/aromatic N) is 8. The van der Waals surface area contributed by atoms with Gasteiger partial charge in [-0.15, -0.1) is 0 Å². The lowest BCUT2D eigenvalue weighted by Gasteiger charge is -2.60. The van der Waals surface area contributed by atoms with Gasteiger partial charge in [-0.25, -0.2) is 19.9 Å². The zero-order valence-corrected chi connectivity index (χ0v) is 29.6. The fraction of sp³-hybridized carbons (Fsp3) is 0.459. The minimum Gasteiger partial charge on any atom is -0.363 e. The van der Waals surface area contributed by atoms with E-state index < -0.39 is 10.8 Å². The fourth-order valence-electron chi connectivity index (χ4n) is 7.29. The first-order valence-corrected chi connectivity index (χ1v) is 15.6. The summed E-state index contributed by atoms with van der Waals surface area (Å²) < 4.78 is 0. The van der Waals surface area contributed by atoms with Gasteiger partial charge in [-0.3, -0.25) is 0 Å². The summed E-state index contributed by atoms with van der Waals surface area (Å²) in [5.41, 5.74) is 2.79. The van der Waals surface area contributed by atoms with Gasteiger partial charge in [0.1, 0.15) is 23.3 Å². The van der Waals surface area contributed by atoms with Gasteiger partial charge in [-0.1, -0.05) is 58.9 Å². The third-order valence-corrected chi connectivity index (χ3v) is 9.18. The molecule has 45 heavy (non-hydrogen) atoms. The summed E-state index contributed by atoms with van der Waals surface area (Å²) in [5.74, 6) is 3.73. The zero-order valence-electron chi connectivity index (χ0n) is 29.6. The molecule has 0 saturated carbocycles. The van der Waals surface area contributed by atoms with Crippen molar-refractivity contribution in [2.24, 2.45) is 11.3 Å². The standard InChI is InChI=1S/C37H52N8/c1-26(2)36(27-14-18-31(38-22-27)42(6)7,28-15-19-32(39-23-28)43(8)9)37(35(3,4)5,29-16-20-33(40-24-29)44(10)11)30-17-21-34(41-25-30)45(12)13/h14-26H,1-13H3. The van der Waals surface area contributed by atoms with Crippen LogP contribution in [0, 0.1) is 11.3 Å². The smallest absolute Gasteiger partial charge is 0.127 e. The van der Waals surface area contributed by atoms with Gasteiger partial charge in [0, 0.05) is 92.0 Å². The van der Waals surface area contributed by atoms with Gasteiger partial charge in [-0.2, -0.15) is 0 Å². The maximum absolute atomic E-state index is 5.02. The third kappa shape index (κ3) is 5.71. The highest BCUT2D eigenvalue weighted by atomic mass is 15.1. The van der Waals surface area contributed by atoms with Crippen molar-refractivity contribution in [3.8, 4) is 0 Å². The molecule has 0 N–H and O–H groups in total. The Morgan fingerprint density at radius 2 is 0.711 bits per heavy atom. The molecule has 0 saturated heterocycles. The average Bonchev–Trinajstić information content (AvgIpc) is 2.99. The van der Waals surface area contributed by atoms with Crippen molar-refractivity contribution in [1.82, 2.24) is 19.9 Å². The molecule has 0 aliphatic carbocycles. The molecule has 4 aromatic rings. The molecular weight excluding hydrogens is 556 g/mol. The fourth-order valence-corrected chi connectivity index (χ4v) is 7.29. The van der Waals surface area contributed by atoms with Crippen LogP contribution in [0.2, 0.25) is 0 Å². The highest BCUT2D eigenvalue weighted by molar-refractivity contribution is 5.59. The molecule has 0 unspecified atom stereocenters. The lowest BCUT2D eigenvalue weighted by atomic mass is 9.41. The predicted molar refractivity (Wildman–Crippen MR) is 190 cm³/mol. The Morgan fingerprint density at radius 1 is 0.444 bits per heavy atom. The van der Waals surface area contributed by atoms with Crippen molar-refractivity contribution >= 4 is 23.3 Å². The van der Waals surface area contributed by atoms with Crippen LogP contribution in [0.5, 0.6) is 0 Å². The molecule has 0 fully saturated rings. The average molecular weight is 609 g/mol. The molecule has 0 spiro atoms. The molecule has 0 aromatic carbocycles. The van der Waals surface area contributed by atoms with Crippen molar-refractivity contribution in [2.45, 2.75) is 45.4 Å². The van der Waals surface area contributed by atoms with Crippen LogP contribution < -0.4 is 19.6 Å². The van der Waals surface area contributed by atoms with Crippen LogP contribution in [-0.4, -0.2) is 76.3 Å². The van der Waals surface area contributed by atoms with E-state index in [4.69, 9.17) is 19.9 Å². The highest BCUT2D eigenvalue weighted by Crippen LogP contribution is 2.64. The van der Waals surface area contributed by atoms with Crippen LogP contribution in [0.3, 0.4) is 0 Å². The molecule has 4 heterocycles. The summed E-state index contributed by atoms with van der Waals surface area (Å²) in [4.78, 5) is 28.2. The lowest BCUT2D eigenvalue weighted by Crippen LogP contribution is -2.61. The van der Waals surface area contributed by atoms with E-state index in [9.17, 15) is 0 Å². The third-order valence-electron chi connectivity index (χ3n) is 9.18. The normalized spacial score (nSPS) is 12.3. The molecule has 0 bridgehead atoms. The van der Waals surface area contributed by atoms with Crippen LogP contribution in [-0.2, 0) is 10.8 Å². The molecule has 0 amide bonds. The minimum absolute atomic E-state index is 0.0952. The summed E-state index contributed by atoms with van der Waals surface area (Å²) >= 11 is 0. The Labute approximate surface area is 271 Å². The molecule has 4 rings (SSSR count). The van der Waals surface area contributed by atoms with Crippen molar-refractivity contribution < 1.29 is 0 Å². The Kier molecular flexibility index (Phi) is 9.48. The van der Waals surface area contributed by atoms with Crippen molar-refractivity contribution in [3.05, 3.63) is 95.6 Å². The predicted octanol–water partition coefficient (Wildman–Crippen LogP) is 6.51. The van der Waals surface area contributed by atoms with E-state index in [0.717, 1.165) is 45.5 Å². The van der Waals surface area contributed by atoms with Crippen LogP contribution >= 0.6 is 0 Å². The topological polar surface area (TPSA) is 64.5 Å². The lowest BCUT2D eigenvalue weighted by molar-refractivity contribution is 0.100. The molecule has 0 radical (unpaired) electrons. The minimum atomic E-state index is -0.674. The number of hydrogen-bond donors (Lipinski definition) is 0. The van der Waals surface area contributed by atoms with E-state index >= 15 is 0 Å². The van der Waals surface area contributed by atoms with Crippen LogP contribution in [0.4, 0.5) is 23.3 Å². The molecule has 240 valence electrons. The maximum Gasteiger partial charge on any atom is 0.127 e. The Bertz CT molecular complexity index is 1430. The number of pyridine rings is 4. The summed E-state index contributed by atoms with van der Waals surface area (Å²) in [6.45, 7) is 11.7. The summed E-state index contributed by atoms with van der Waals surface area (Å²) in [7, 11) is 16.2. The molecule has 8 nitrogen and oxygen atoms in total. The van der Waals surface area contributed by atoms with Gasteiger partial charge in [0.2, 0.25) is 0 Å². The van der Waals surface area contributed by atoms with Crippen LogP contribution in [0.15, 0.2) is 73.3 Å². The van der Waals surface area contributed by atoms with E-state index in [1.165, 1.54) is 0 Å². The molecule has 4 aromatic heterocycles. The van der Waals surface area contributed by atoms with E-state index in [1.807, 2.05) is 76.0 Å².